The molecule has 1 heterocycles. The second-order valence-corrected chi connectivity index (χ2v) is 5.82. The van der Waals surface area contributed by atoms with Crippen LogP contribution >= 0.6 is 0 Å². The van der Waals surface area contributed by atoms with E-state index >= 15 is 0 Å². The van der Waals surface area contributed by atoms with E-state index in [4.69, 9.17) is 9.47 Å². The van der Waals surface area contributed by atoms with Crippen molar-refractivity contribution in [2.45, 2.75) is 59.2 Å². The summed E-state index contributed by atoms with van der Waals surface area (Å²) in [4.78, 5) is 12.0. The van der Waals surface area contributed by atoms with Gasteiger partial charge in [-0.2, -0.15) is 0 Å². The number of ketones is 1. The molecule has 2 rings (SSSR count). The van der Waals surface area contributed by atoms with E-state index < -0.39 is 0 Å². The first kappa shape index (κ1) is 12.6. The Bertz CT molecular complexity index is 341. The van der Waals surface area contributed by atoms with Gasteiger partial charge in [-0.05, 0) is 11.8 Å². The maximum absolute atomic E-state index is 12.0. The Balaban J connectivity index is 1.93. The summed E-state index contributed by atoms with van der Waals surface area (Å²) in [6, 6.07) is 0. The van der Waals surface area contributed by atoms with E-state index in [1.807, 2.05) is 0 Å². The number of hydrogen-bond donors (Lipinski definition) is 0. The van der Waals surface area contributed by atoms with Crippen LogP contribution in [0.3, 0.4) is 0 Å². The number of hydrogen-bond acceptors (Lipinski definition) is 3. The van der Waals surface area contributed by atoms with Crippen molar-refractivity contribution in [3.8, 4) is 0 Å². The number of unbranched alkanes of at least 4 members (excludes halogenated alkanes) is 1. The van der Waals surface area contributed by atoms with Gasteiger partial charge in [-0.25, -0.2) is 0 Å². The van der Waals surface area contributed by atoms with Gasteiger partial charge in [0, 0.05) is 24.8 Å². The van der Waals surface area contributed by atoms with Gasteiger partial charge in [0.25, 0.3) is 0 Å². The number of carbonyl (C=O) groups is 1. The molecule has 3 heteroatoms. The van der Waals surface area contributed by atoms with Crippen LogP contribution in [0.4, 0.5) is 0 Å². The van der Waals surface area contributed by atoms with Crippen molar-refractivity contribution in [2.75, 3.05) is 6.61 Å². The number of ether oxygens (including phenoxy) is 2. The molecule has 0 bridgehead atoms. The summed E-state index contributed by atoms with van der Waals surface area (Å²) in [5.74, 6) is 1.13. The molecule has 1 unspecified atom stereocenters. The molecule has 0 fully saturated rings. The van der Waals surface area contributed by atoms with Crippen molar-refractivity contribution >= 4 is 5.78 Å². The van der Waals surface area contributed by atoms with Gasteiger partial charge in [0.1, 0.15) is 5.76 Å². The molecule has 0 spiro atoms. The molecule has 0 saturated carbocycles. The van der Waals surface area contributed by atoms with Gasteiger partial charge in [-0.3, -0.25) is 4.79 Å². The first-order valence-corrected chi connectivity index (χ1v) is 6.55. The lowest BCUT2D eigenvalue weighted by molar-refractivity contribution is -0.118. The third kappa shape index (κ3) is 2.89. The van der Waals surface area contributed by atoms with Gasteiger partial charge in [-0.1, -0.05) is 27.2 Å². The standard InChI is InChI=1S/C14H22O3/c1-4-5-6-16-13-7-10-11(15)8-14(2,3)9-12(10)17-13/h13H,4-9H2,1-3H3. The van der Waals surface area contributed by atoms with Crippen LogP contribution in [0.25, 0.3) is 0 Å². The van der Waals surface area contributed by atoms with E-state index in [0.29, 0.717) is 12.8 Å². The maximum atomic E-state index is 12.0. The van der Waals surface area contributed by atoms with Gasteiger partial charge in [0.2, 0.25) is 6.29 Å². The molecule has 0 saturated heterocycles. The number of Topliss-reactive ketones (excluding diaryl/α,β-unsaturated/α-hetero) is 1. The molecule has 96 valence electrons. The van der Waals surface area contributed by atoms with Gasteiger partial charge in [-0.15, -0.1) is 0 Å². The molecule has 17 heavy (non-hydrogen) atoms. The van der Waals surface area contributed by atoms with E-state index in [-0.39, 0.29) is 17.5 Å². The van der Waals surface area contributed by atoms with E-state index in [0.717, 1.165) is 37.2 Å². The summed E-state index contributed by atoms with van der Waals surface area (Å²) < 4.78 is 11.4. The normalized spacial score (nSPS) is 27.0. The van der Waals surface area contributed by atoms with Crippen molar-refractivity contribution in [3.63, 3.8) is 0 Å². The molecule has 0 aromatic rings. The minimum absolute atomic E-state index is 0.0359. The molecule has 1 aliphatic carbocycles. The summed E-state index contributed by atoms with van der Waals surface area (Å²) in [6.45, 7) is 7.08. The summed E-state index contributed by atoms with van der Waals surface area (Å²) >= 11 is 0. The molecule has 2 aliphatic rings. The SMILES string of the molecule is CCCCOC1CC2=C(CC(C)(C)CC2=O)O1. The maximum Gasteiger partial charge on any atom is 0.203 e. The predicted octanol–water partition coefficient (Wildman–Crippen LogP) is 3.19. The molecule has 0 radical (unpaired) electrons. The van der Waals surface area contributed by atoms with Crippen molar-refractivity contribution in [3.05, 3.63) is 11.3 Å². The lowest BCUT2D eigenvalue weighted by Crippen LogP contribution is -2.24. The molecule has 0 aromatic heterocycles. The summed E-state index contributed by atoms with van der Waals surface area (Å²) in [5, 5.41) is 0. The number of carbonyl (C=O) groups excluding carboxylic acids is 1. The highest BCUT2D eigenvalue weighted by molar-refractivity contribution is 5.97. The molecule has 0 aromatic carbocycles. The highest BCUT2D eigenvalue weighted by Gasteiger charge is 2.39. The lowest BCUT2D eigenvalue weighted by atomic mass is 9.76. The predicted molar refractivity (Wildman–Crippen MR) is 65.4 cm³/mol. The highest BCUT2D eigenvalue weighted by atomic mass is 16.7. The van der Waals surface area contributed by atoms with Crippen molar-refractivity contribution < 1.29 is 14.3 Å². The molecule has 1 aliphatic heterocycles. The Hall–Kier alpha value is -0.830. The molecule has 0 amide bonds. The summed E-state index contributed by atoms with van der Waals surface area (Å²) in [7, 11) is 0. The van der Waals surface area contributed by atoms with Crippen LogP contribution in [0.15, 0.2) is 11.3 Å². The first-order chi connectivity index (χ1) is 8.02. The minimum atomic E-state index is -0.218. The van der Waals surface area contributed by atoms with Crippen molar-refractivity contribution in [1.82, 2.24) is 0 Å². The second-order valence-electron chi connectivity index (χ2n) is 5.82. The molecular weight excluding hydrogens is 216 g/mol. The van der Waals surface area contributed by atoms with Gasteiger partial charge in [0.15, 0.2) is 5.78 Å². The minimum Gasteiger partial charge on any atom is -0.468 e. The van der Waals surface area contributed by atoms with Crippen LogP contribution in [-0.4, -0.2) is 18.7 Å². The quantitative estimate of drug-likeness (QED) is 0.706. The fraction of sp³-hybridized carbons (Fsp3) is 0.786. The van der Waals surface area contributed by atoms with Gasteiger partial charge in [0.05, 0.1) is 6.61 Å². The van der Waals surface area contributed by atoms with Crippen LogP contribution in [0.2, 0.25) is 0 Å². The number of rotatable bonds is 4. The van der Waals surface area contributed by atoms with E-state index in [9.17, 15) is 4.79 Å². The second kappa shape index (κ2) is 4.81. The van der Waals surface area contributed by atoms with Crippen LogP contribution in [0, 0.1) is 5.41 Å². The Morgan fingerprint density at radius 2 is 2.18 bits per heavy atom. The van der Waals surface area contributed by atoms with Gasteiger partial charge >= 0.3 is 0 Å². The zero-order chi connectivity index (χ0) is 12.5. The Labute approximate surface area is 103 Å². The van der Waals surface area contributed by atoms with Crippen molar-refractivity contribution in [2.24, 2.45) is 5.41 Å². The third-order valence-electron chi connectivity index (χ3n) is 3.40. The monoisotopic (exact) mass is 238 g/mol. The molecule has 3 nitrogen and oxygen atoms in total. The third-order valence-corrected chi connectivity index (χ3v) is 3.40. The van der Waals surface area contributed by atoms with E-state index in [2.05, 4.69) is 20.8 Å². The first-order valence-electron chi connectivity index (χ1n) is 6.55. The smallest absolute Gasteiger partial charge is 0.203 e. The van der Waals surface area contributed by atoms with Crippen LogP contribution in [-0.2, 0) is 14.3 Å². The molecule has 0 N–H and O–H groups in total. The van der Waals surface area contributed by atoms with Gasteiger partial charge < -0.3 is 9.47 Å². The van der Waals surface area contributed by atoms with Crippen LogP contribution in [0.1, 0.15) is 52.9 Å². The average Bonchev–Trinajstić information content (AvgIpc) is 2.59. The Morgan fingerprint density at radius 3 is 2.88 bits per heavy atom. The zero-order valence-electron chi connectivity index (χ0n) is 11.0. The fourth-order valence-corrected chi connectivity index (χ4v) is 2.46. The summed E-state index contributed by atoms with van der Waals surface area (Å²) in [5.41, 5.74) is 0.916. The Kier molecular flexibility index (Phi) is 3.57. The number of allylic oxidation sites excluding steroid dienone is 1. The lowest BCUT2D eigenvalue weighted by Gasteiger charge is -2.28. The average molecular weight is 238 g/mol. The Morgan fingerprint density at radius 1 is 1.41 bits per heavy atom. The van der Waals surface area contributed by atoms with E-state index in [1.165, 1.54) is 0 Å². The van der Waals surface area contributed by atoms with Crippen LogP contribution < -0.4 is 0 Å². The topological polar surface area (TPSA) is 35.5 Å². The molecule has 1 atom stereocenters. The molecular formula is C14H22O3. The fourth-order valence-electron chi connectivity index (χ4n) is 2.46. The highest BCUT2D eigenvalue weighted by Crippen LogP contribution is 2.42. The van der Waals surface area contributed by atoms with Crippen molar-refractivity contribution in [1.29, 1.82) is 0 Å². The summed E-state index contributed by atoms with van der Waals surface area (Å²) in [6.07, 6.45) is 4.09. The zero-order valence-corrected chi connectivity index (χ0v) is 11.0. The van der Waals surface area contributed by atoms with Crippen LogP contribution in [0.5, 0.6) is 0 Å². The van der Waals surface area contributed by atoms with E-state index in [1.54, 1.807) is 0 Å². The largest absolute Gasteiger partial charge is 0.468 e.